The maximum Gasteiger partial charge on any atom is 0.152 e. The maximum atomic E-state index is 16.2. The molecule has 3 N–H and O–H groups in total. The number of fused-ring (bicyclic) bond motifs is 1. The Morgan fingerprint density at radius 1 is 1.15 bits per heavy atom. The van der Waals surface area contributed by atoms with Gasteiger partial charge in [-0.2, -0.15) is 5.10 Å². The van der Waals surface area contributed by atoms with Crippen LogP contribution in [0.3, 0.4) is 0 Å². The third-order valence-electron chi connectivity index (χ3n) is 7.53. The quantitative estimate of drug-likeness (QED) is 0.404. The fraction of sp³-hybridized carbons (Fsp3) is 0.423. The summed E-state index contributed by atoms with van der Waals surface area (Å²) in [6, 6.07) is 8.82. The highest BCUT2D eigenvalue weighted by Crippen LogP contribution is 2.52. The van der Waals surface area contributed by atoms with Crippen LogP contribution in [-0.2, 0) is 5.41 Å². The van der Waals surface area contributed by atoms with Crippen LogP contribution in [0.5, 0.6) is 0 Å². The van der Waals surface area contributed by atoms with E-state index in [1.165, 1.54) is 6.07 Å². The summed E-state index contributed by atoms with van der Waals surface area (Å²) in [5.74, 6) is 0.586. The summed E-state index contributed by atoms with van der Waals surface area (Å²) in [4.78, 5) is 2.04. The van der Waals surface area contributed by atoms with E-state index in [0.29, 0.717) is 35.0 Å². The van der Waals surface area contributed by atoms with Crippen LogP contribution in [0.15, 0.2) is 36.5 Å². The van der Waals surface area contributed by atoms with Crippen molar-refractivity contribution in [3.8, 4) is 0 Å². The molecule has 3 heterocycles. The van der Waals surface area contributed by atoms with Crippen molar-refractivity contribution in [1.82, 2.24) is 15.5 Å². The lowest BCUT2D eigenvalue weighted by atomic mass is 9.77. The minimum atomic E-state index is -0.965. The van der Waals surface area contributed by atoms with E-state index in [0.717, 1.165) is 24.5 Å². The second-order valence-electron chi connectivity index (χ2n) is 10.0. The second kappa shape index (κ2) is 8.54. The van der Waals surface area contributed by atoms with Crippen molar-refractivity contribution >= 4 is 28.8 Å². The van der Waals surface area contributed by atoms with Gasteiger partial charge in [0.2, 0.25) is 0 Å². The van der Waals surface area contributed by atoms with E-state index in [9.17, 15) is 0 Å². The van der Waals surface area contributed by atoms with Gasteiger partial charge >= 0.3 is 0 Å². The van der Waals surface area contributed by atoms with E-state index < -0.39 is 11.2 Å². The number of hydrogen-bond donors (Lipinski definition) is 3. The SMILES string of the molecule is CC(C)C(C)c1cn[nH]c1N1CC(C)(c2cccc(Cl)c2F)c2c1ccc(NC1CNC1)c2F. The van der Waals surface area contributed by atoms with Gasteiger partial charge in [0.1, 0.15) is 11.6 Å². The summed E-state index contributed by atoms with van der Waals surface area (Å²) in [6.07, 6.45) is 1.84. The molecule has 2 aromatic carbocycles. The van der Waals surface area contributed by atoms with Crippen LogP contribution in [0.4, 0.5) is 26.0 Å². The maximum absolute atomic E-state index is 16.2. The van der Waals surface area contributed by atoms with Crippen LogP contribution >= 0.6 is 11.6 Å². The zero-order valence-corrected chi connectivity index (χ0v) is 20.6. The zero-order valence-electron chi connectivity index (χ0n) is 19.8. The number of anilines is 3. The number of nitrogens with zero attached hydrogens (tertiary/aromatic N) is 2. The lowest BCUT2D eigenvalue weighted by Crippen LogP contribution is -2.51. The number of hydrogen-bond acceptors (Lipinski definition) is 4. The molecule has 1 saturated heterocycles. The molecule has 180 valence electrons. The van der Waals surface area contributed by atoms with Crippen LogP contribution in [-0.4, -0.2) is 35.9 Å². The van der Waals surface area contributed by atoms with Crippen molar-refractivity contribution in [2.75, 3.05) is 29.9 Å². The highest BCUT2D eigenvalue weighted by atomic mass is 35.5. The Bertz CT molecular complexity index is 1220. The summed E-state index contributed by atoms with van der Waals surface area (Å²) in [5.41, 5.74) is 2.07. The Balaban J connectivity index is 1.68. The first-order valence-corrected chi connectivity index (χ1v) is 12.2. The first-order chi connectivity index (χ1) is 16.2. The number of H-pyrrole nitrogens is 1. The number of halogens is 3. The van der Waals surface area contributed by atoms with Gasteiger partial charge in [0.05, 0.1) is 22.9 Å². The molecule has 34 heavy (non-hydrogen) atoms. The molecular formula is C26H30ClF2N5. The lowest BCUT2D eigenvalue weighted by molar-refractivity contribution is 0.467. The van der Waals surface area contributed by atoms with Crippen molar-refractivity contribution in [2.24, 2.45) is 5.92 Å². The standard InChI is InChI=1S/C26H30ClF2N5/c1-14(2)15(3)17-12-31-33-25(17)34-13-26(4,18-6-5-7-19(27)23(18)28)22-21(34)9-8-20(24(22)29)32-16-10-30-11-16/h5-9,12,14-16,30,32H,10-11,13H2,1-4H3,(H,31,33). The molecule has 1 aromatic heterocycles. The second-order valence-corrected chi connectivity index (χ2v) is 10.5. The molecule has 0 radical (unpaired) electrons. The topological polar surface area (TPSA) is 56.0 Å². The Hall–Kier alpha value is -2.64. The van der Waals surface area contributed by atoms with Crippen LogP contribution in [0.25, 0.3) is 0 Å². The van der Waals surface area contributed by atoms with E-state index in [4.69, 9.17) is 11.6 Å². The summed E-state index contributed by atoms with van der Waals surface area (Å²) in [6.45, 7) is 10.3. The number of aromatic nitrogens is 2. The van der Waals surface area contributed by atoms with Gasteiger partial charge in [-0.25, -0.2) is 8.78 Å². The van der Waals surface area contributed by atoms with Gasteiger partial charge in [0.15, 0.2) is 5.82 Å². The molecule has 0 saturated carbocycles. The number of nitrogens with one attached hydrogen (secondary N) is 3. The number of benzene rings is 2. The number of rotatable bonds is 6. The van der Waals surface area contributed by atoms with E-state index in [2.05, 4.69) is 41.6 Å². The highest BCUT2D eigenvalue weighted by Gasteiger charge is 2.46. The zero-order chi connectivity index (χ0) is 24.2. The smallest absolute Gasteiger partial charge is 0.152 e. The van der Waals surface area contributed by atoms with Crippen molar-refractivity contribution in [1.29, 1.82) is 0 Å². The normalized spacial score (nSPS) is 21.0. The Morgan fingerprint density at radius 2 is 1.91 bits per heavy atom. The minimum Gasteiger partial charge on any atom is -0.377 e. The van der Waals surface area contributed by atoms with E-state index >= 15 is 8.78 Å². The first kappa shape index (κ1) is 23.1. The monoisotopic (exact) mass is 485 g/mol. The fourth-order valence-corrected chi connectivity index (χ4v) is 5.24. The molecule has 3 aromatic rings. The van der Waals surface area contributed by atoms with Crippen molar-refractivity contribution in [3.63, 3.8) is 0 Å². The molecule has 0 bridgehead atoms. The molecule has 2 aliphatic heterocycles. The van der Waals surface area contributed by atoms with Gasteiger partial charge in [-0.3, -0.25) is 5.10 Å². The summed E-state index contributed by atoms with van der Waals surface area (Å²) in [7, 11) is 0. The van der Waals surface area contributed by atoms with Crippen LogP contribution in [0, 0.1) is 17.6 Å². The van der Waals surface area contributed by atoms with E-state index in [1.54, 1.807) is 18.2 Å². The lowest BCUT2D eigenvalue weighted by Gasteiger charge is -2.31. The molecule has 5 nitrogen and oxygen atoms in total. The first-order valence-electron chi connectivity index (χ1n) is 11.8. The largest absolute Gasteiger partial charge is 0.377 e. The van der Waals surface area contributed by atoms with Crippen molar-refractivity contribution in [2.45, 2.75) is 45.1 Å². The Morgan fingerprint density at radius 3 is 2.59 bits per heavy atom. The number of aromatic amines is 1. The Labute approximate surface area is 203 Å². The third kappa shape index (κ3) is 3.57. The molecule has 5 rings (SSSR count). The fourth-order valence-electron chi connectivity index (χ4n) is 5.06. The summed E-state index contributed by atoms with van der Waals surface area (Å²) >= 11 is 6.17. The minimum absolute atomic E-state index is 0.0321. The molecule has 0 aliphatic carbocycles. The average Bonchev–Trinajstić information content (AvgIpc) is 3.36. The molecule has 2 aliphatic rings. The third-order valence-corrected chi connectivity index (χ3v) is 7.82. The van der Waals surface area contributed by atoms with Gasteiger partial charge in [0, 0.05) is 47.4 Å². The van der Waals surface area contributed by atoms with Crippen LogP contribution < -0.4 is 15.5 Å². The van der Waals surface area contributed by atoms with Crippen LogP contribution in [0.2, 0.25) is 5.02 Å². The molecule has 2 atom stereocenters. The predicted molar refractivity (Wildman–Crippen MR) is 133 cm³/mol. The summed E-state index contributed by atoms with van der Waals surface area (Å²) < 4.78 is 31.6. The van der Waals surface area contributed by atoms with E-state index in [-0.39, 0.29) is 22.8 Å². The predicted octanol–water partition coefficient (Wildman–Crippen LogP) is 5.94. The van der Waals surface area contributed by atoms with E-state index in [1.807, 2.05) is 24.1 Å². The highest BCUT2D eigenvalue weighted by molar-refractivity contribution is 6.30. The van der Waals surface area contributed by atoms with Gasteiger partial charge in [-0.1, -0.05) is 44.5 Å². The van der Waals surface area contributed by atoms with Gasteiger partial charge in [0.25, 0.3) is 0 Å². The Kier molecular flexibility index (Phi) is 5.81. The molecule has 0 amide bonds. The average molecular weight is 486 g/mol. The van der Waals surface area contributed by atoms with Crippen molar-refractivity contribution in [3.05, 3.63) is 69.9 Å². The molecular weight excluding hydrogens is 456 g/mol. The molecule has 2 unspecified atom stereocenters. The van der Waals surface area contributed by atoms with Crippen molar-refractivity contribution < 1.29 is 8.78 Å². The molecule has 0 spiro atoms. The van der Waals surface area contributed by atoms with Gasteiger partial charge in [-0.15, -0.1) is 0 Å². The molecule has 8 heteroatoms. The summed E-state index contributed by atoms with van der Waals surface area (Å²) in [5, 5.41) is 14.0. The van der Waals surface area contributed by atoms with Gasteiger partial charge < -0.3 is 15.5 Å². The molecule has 1 fully saturated rings. The van der Waals surface area contributed by atoms with Crippen LogP contribution in [0.1, 0.15) is 50.3 Å². The van der Waals surface area contributed by atoms with Gasteiger partial charge in [-0.05, 0) is 37.0 Å².